The summed E-state index contributed by atoms with van der Waals surface area (Å²) in [4.78, 5) is 24.4. The summed E-state index contributed by atoms with van der Waals surface area (Å²) in [7, 11) is 0. The van der Waals surface area contributed by atoms with Crippen molar-refractivity contribution in [2.75, 3.05) is 13.2 Å². The van der Waals surface area contributed by atoms with Crippen LogP contribution in [0.5, 0.6) is 0 Å². The summed E-state index contributed by atoms with van der Waals surface area (Å²) in [5.41, 5.74) is 0. The van der Waals surface area contributed by atoms with E-state index in [0.29, 0.717) is 25.6 Å². The summed E-state index contributed by atoms with van der Waals surface area (Å²) in [6, 6.07) is 0. The Bertz CT molecular complexity index is 378. The molecule has 0 aromatic heterocycles. The van der Waals surface area contributed by atoms with Crippen LogP contribution >= 0.6 is 0 Å². The molecule has 2 unspecified atom stereocenters. The van der Waals surface area contributed by atoms with Gasteiger partial charge in [-0.3, -0.25) is 9.59 Å². The second-order valence-electron chi connectivity index (χ2n) is 7.85. The van der Waals surface area contributed by atoms with Gasteiger partial charge in [-0.1, -0.05) is 52.9 Å². The highest BCUT2D eigenvalue weighted by Crippen LogP contribution is 2.31. The van der Waals surface area contributed by atoms with Gasteiger partial charge in [0.1, 0.15) is 0 Å². The third-order valence-corrected chi connectivity index (χ3v) is 5.00. The second-order valence-corrected chi connectivity index (χ2v) is 7.85. The van der Waals surface area contributed by atoms with E-state index in [2.05, 4.69) is 20.8 Å². The Morgan fingerprint density at radius 1 is 0.880 bits per heavy atom. The molecule has 0 amide bonds. The predicted octanol–water partition coefficient (Wildman–Crippen LogP) is 5.29. The highest BCUT2D eigenvalue weighted by atomic mass is 16.5. The molecule has 0 spiro atoms. The van der Waals surface area contributed by atoms with Gasteiger partial charge in [0.25, 0.3) is 0 Å². The molecule has 25 heavy (non-hydrogen) atoms. The van der Waals surface area contributed by atoms with E-state index in [4.69, 9.17) is 9.47 Å². The summed E-state index contributed by atoms with van der Waals surface area (Å²) >= 11 is 0. The van der Waals surface area contributed by atoms with Gasteiger partial charge in [0, 0.05) is 0 Å². The van der Waals surface area contributed by atoms with Gasteiger partial charge in [-0.25, -0.2) is 0 Å². The lowest BCUT2D eigenvalue weighted by Crippen LogP contribution is -2.30. The van der Waals surface area contributed by atoms with E-state index in [1.54, 1.807) is 0 Å². The van der Waals surface area contributed by atoms with Crippen LogP contribution in [0, 0.1) is 17.8 Å². The topological polar surface area (TPSA) is 52.6 Å². The zero-order valence-corrected chi connectivity index (χ0v) is 16.6. The smallest absolute Gasteiger partial charge is 0.308 e. The quantitative estimate of drug-likeness (QED) is 0.353. The molecule has 4 heteroatoms. The van der Waals surface area contributed by atoms with Crippen LogP contribution in [-0.2, 0) is 19.1 Å². The highest BCUT2D eigenvalue weighted by molar-refractivity contribution is 5.76. The third kappa shape index (κ3) is 9.86. The Balaban J connectivity index is 2.21. The molecular weight excluding hydrogens is 316 g/mol. The average Bonchev–Trinajstić information content (AvgIpc) is 2.60. The van der Waals surface area contributed by atoms with Crippen LogP contribution in [0.1, 0.15) is 91.4 Å². The molecule has 0 saturated heterocycles. The van der Waals surface area contributed by atoms with E-state index >= 15 is 0 Å². The first-order valence-corrected chi connectivity index (χ1v) is 10.4. The van der Waals surface area contributed by atoms with Gasteiger partial charge < -0.3 is 9.47 Å². The van der Waals surface area contributed by atoms with Gasteiger partial charge in [-0.2, -0.15) is 0 Å². The lowest BCUT2D eigenvalue weighted by atomic mass is 9.81. The standard InChI is InChI=1S/C21H38O4/c1-4-5-6-8-14-24-20(22)18-12-10-13-19(16-18)21(23)25-15-9-7-11-17(2)3/h17-19H,4-16H2,1-3H3. The summed E-state index contributed by atoms with van der Waals surface area (Å²) < 4.78 is 10.8. The van der Waals surface area contributed by atoms with Gasteiger partial charge in [0.2, 0.25) is 0 Å². The third-order valence-electron chi connectivity index (χ3n) is 5.00. The van der Waals surface area contributed by atoms with Gasteiger partial charge >= 0.3 is 11.9 Å². The fourth-order valence-corrected chi connectivity index (χ4v) is 3.38. The number of rotatable bonds is 12. The second kappa shape index (κ2) is 13.2. The molecule has 0 N–H and O–H groups in total. The number of hydrogen-bond donors (Lipinski definition) is 0. The Hall–Kier alpha value is -1.06. The largest absolute Gasteiger partial charge is 0.465 e. The van der Waals surface area contributed by atoms with E-state index in [-0.39, 0.29) is 23.8 Å². The van der Waals surface area contributed by atoms with Crippen LogP contribution < -0.4 is 0 Å². The lowest BCUT2D eigenvalue weighted by Gasteiger charge is -2.26. The number of carbonyl (C=O) groups excluding carboxylic acids is 2. The molecule has 0 heterocycles. The maximum absolute atomic E-state index is 12.2. The molecule has 1 rings (SSSR count). The van der Waals surface area contributed by atoms with Crippen molar-refractivity contribution >= 4 is 11.9 Å². The van der Waals surface area contributed by atoms with Gasteiger partial charge in [0.15, 0.2) is 0 Å². The van der Waals surface area contributed by atoms with Crippen molar-refractivity contribution in [3.8, 4) is 0 Å². The minimum absolute atomic E-state index is 0.120. The lowest BCUT2D eigenvalue weighted by molar-refractivity contribution is -0.155. The molecular formula is C21H38O4. The van der Waals surface area contributed by atoms with Gasteiger partial charge in [-0.05, 0) is 44.4 Å². The van der Waals surface area contributed by atoms with Crippen molar-refractivity contribution in [3.05, 3.63) is 0 Å². The molecule has 1 fully saturated rings. The molecule has 2 atom stereocenters. The van der Waals surface area contributed by atoms with E-state index in [9.17, 15) is 9.59 Å². The van der Waals surface area contributed by atoms with Crippen molar-refractivity contribution in [1.29, 1.82) is 0 Å². The molecule has 1 aliphatic rings. The zero-order valence-electron chi connectivity index (χ0n) is 16.6. The normalized spacial score (nSPS) is 20.5. The highest BCUT2D eigenvalue weighted by Gasteiger charge is 2.32. The molecule has 0 aliphatic heterocycles. The Kier molecular flexibility index (Phi) is 11.6. The van der Waals surface area contributed by atoms with Gasteiger partial charge in [0.05, 0.1) is 25.0 Å². The summed E-state index contributed by atoms with van der Waals surface area (Å²) in [6.07, 6.45) is 10.8. The van der Waals surface area contributed by atoms with E-state index in [0.717, 1.165) is 44.9 Å². The minimum atomic E-state index is -0.128. The molecule has 4 nitrogen and oxygen atoms in total. The fraction of sp³-hybridized carbons (Fsp3) is 0.905. The monoisotopic (exact) mass is 354 g/mol. The molecule has 0 bridgehead atoms. The van der Waals surface area contributed by atoms with Crippen LogP contribution in [0.15, 0.2) is 0 Å². The first-order valence-electron chi connectivity index (χ1n) is 10.4. The minimum Gasteiger partial charge on any atom is -0.465 e. The van der Waals surface area contributed by atoms with Crippen molar-refractivity contribution < 1.29 is 19.1 Å². The van der Waals surface area contributed by atoms with Crippen LogP contribution in [0.25, 0.3) is 0 Å². The first-order chi connectivity index (χ1) is 12.0. The number of hydrogen-bond acceptors (Lipinski definition) is 4. The van der Waals surface area contributed by atoms with Crippen LogP contribution in [0.4, 0.5) is 0 Å². The predicted molar refractivity (Wildman–Crippen MR) is 100 cm³/mol. The zero-order chi connectivity index (χ0) is 18.5. The molecule has 0 aromatic carbocycles. The number of ether oxygens (including phenoxy) is 2. The maximum atomic E-state index is 12.2. The van der Waals surface area contributed by atoms with Gasteiger partial charge in [-0.15, -0.1) is 0 Å². The Morgan fingerprint density at radius 2 is 1.44 bits per heavy atom. The van der Waals surface area contributed by atoms with Crippen molar-refractivity contribution in [2.24, 2.45) is 17.8 Å². The number of esters is 2. The molecule has 1 aliphatic carbocycles. The average molecular weight is 355 g/mol. The molecule has 1 saturated carbocycles. The van der Waals surface area contributed by atoms with E-state index in [1.165, 1.54) is 19.3 Å². The number of carbonyl (C=O) groups is 2. The first kappa shape index (κ1) is 22.0. The van der Waals surface area contributed by atoms with Crippen molar-refractivity contribution in [2.45, 2.75) is 91.4 Å². The van der Waals surface area contributed by atoms with Crippen LogP contribution in [0.2, 0.25) is 0 Å². The molecule has 0 radical (unpaired) electrons. The fourth-order valence-electron chi connectivity index (χ4n) is 3.38. The van der Waals surface area contributed by atoms with E-state index < -0.39 is 0 Å². The SMILES string of the molecule is CCCCCCOC(=O)C1CCCC(C(=O)OCCCCC(C)C)C1. The van der Waals surface area contributed by atoms with Crippen LogP contribution in [0.3, 0.4) is 0 Å². The molecule has 0 aromatic rings. The van der Waals surface area contributed by atoms with E-state index in [1.807, 2.05) is 0 Å². The van der Waals surface area contributed by atoms with Crippen molar-refractivity contribution in [1.82, 2.24) is 0 Å². The summed E-state index contributed by atoms with van der Waals surface area (Å²) in [6.45, 7) is 7.60. The summed E-state index contributed by atoms with van der Waals surface area (Å²) in [5.74, 6) is 0.202. The van der Waals surface area contributed by atoms with Crippen LogP contribution in [-0.4, -0.2) is 25.2 Å². The Morgan fingerprint density at radius 3 is 1.96 bits per heavy atom. The maximum Gasteiger partial charge on any atom is 0.308 e. The van der Waals surface area contributed by atoms with Crippen molar-refractivity contribution in [3.63, 3.8) is 0 Å². The molecule has 146 valence electrons. The number of unbranched alkanes of at least 4 members (excludes halogenated alkanes) is 4. The Labute approximate surface area is 154 Å². The summed E-state index contributed by atoms with van der Waals surface area (Å²) in [5, 5.41) is 0.